The van der Waals surface area contributed by atoms with E-state index in [9.17, 15) is 18.3 Å². The van der Waals surface area contributed by atoms with Crippen molar-refractivity contribution in [1.29, 1.82) is 0 Å². The summed E-state index contributed by atoms with van der Waals surface area (Å²) in [6.07, 6.45) is -0.603. The van der Waals surface area contributed by atoms with Gasteiger partial charge >= 0.3 is 5.97 Å². The van der Waals surface area contributed by atoms with E-state index < -0.39 is 45.9 Å². The number of hydrogen-bond acceptors (Lipinski definition) is 6. The molecule has 0 saturated carbocycles. The molecule has 8 nitrogen and oxygen atoms in total. The fourth-order valence-electron chi connectivity index (χ4n) is 5.78. The number of anilines is 2. The third-order valence-electron chi connectivity index (χ3n) is 7.41. The molecular weight excluding hydrogens is 590 g/mol. The predicted molar refractivity (Wildman–Crippen MR) is 158 cm³/mol. The Balaban J connectivity index is 2.00. The second kappa shape index (κ2) is 10.4. The first-order chi connectivity index (χ1) is 19.5. The molecule has 0 spiro atoms. The number of aliphatic carboxylic acids is 1. The van der Waals surface area contributed by atoms with Crippen molar-refractivity contribution in [1.82, 2.24) is 0 Å². The molecule has 12 heteroatoms. The summed E-state index contributed by atoms with van der Waals surface area (Å²) in [6, 6.07) is 5.31. The summed E-state index contributed by atoms with van der Waals surface area (Å²) in [5.41, 5.74) is 0.952. The maximum atomic E-state index is 15.6. The fourth-order valence-corrected chi connectivity index (χ4v) is 7.02. The minimum atomic E-state index is -4.04. The number of rotatable bonds is 5. The molecule has 1 atom stereocenters. The summed E-state index contributed by atoms with van der Waals surface area (Å²) >= 11 is 6.94. The Bertz CT molecular complexity index is 1750. The molecule has 0 saturated heterocycles. The van der Waals surface area contributed by atoms with Gasteiger partial charge in [-0.2, -0.15) is 0 Å². The number of hydrogen-bond donors (Lipinski definition) is 2. The zero-order chi connectivity index (χ0) is 30.9. The minimum Gasteiger partial charge on any atom is -0.490 e. The molecule has 0 bridgehead atoms. The van der Waals surface area contributed by atoms with Crippen molar-refractivity contribution in [3.05, 3.63) is 63.2 Å². The Morgan fingerprint density at radius 1 is 1.10 bits per heavy atom. The lowest BCUT2D eigenvalue weighted by Gasteiger charge is -2.37. The van der Waals surface area contributed by atoms with Crippen LogP contribution in [0.25, 0.3) is 22.3 Å². The number of carboxylic acid groups (broad SMARTS) is 1. The molecule has 0 aromatic heterocycles. The SMILES string of the molecule is Cc1c(-c2ccc3c(c2Cl)NCCO3)c([C@H](OC(C)(C)C)C(=O)O)c(C)c2c1-c1c(F)ccc(F)c1CN2S(C)(=O)=O. The number of ether oxygens (including phenoxy) is 2. The Morgan fingerprint density at radius 2 is 1.76 bits per heavy atom. The maximum absolute atomic E-state index is 15.6. The Kier molecular flexibility index (Phi) is 7.44. The molecule has 2 N–H and O–H groups in total. The summed E-state index contributed by atoms with van der Waals surface area (Å²) in [6.45, 7) is 8.72. The molecule has 0 radical (unpaired) electrons. The van der Waals surface area contributed by atoms with Crippen molar-refractivity contribution in [3.63, 3.8) is 0 Å². The quantitative estimate of drug-likeness (QED) is 0.331. The van der Waals surface area contributed by atoms with Gasteiger partial charge in [0.05, 0.1) is 34.8 Å². The number of nitrogens with zero attached hydrogens (tertiary/aromatic N) is 1. The molecule has 0 fully saturated rings. The van der Waals surface area contributed by atoms with Crippen LogP contribution >= 0.6 is 11.6 Å². The number of nitrogens with one attached hydrogen (secondary N) is 1. The van der Waals surface area contributed by atoms with Crippen molar-refractivity contribution in [2.75, 3.05) is 29.0 Å². The average molecular weight is 621 g/mol. The predicted octanol–water partition coefficient (Wildman–Crippen LogP) is 6.59. The van der Waals surface area contributed by atoms with Gasteiger partial charge in [0.2, 0.25) is 10.0 Å². The van der Waals surface area contributed by atoms with Gasteiger partial charge in [-0.25, -0.2) is 22.0 Å². The minimum absolute atomic E-state index is 0.0602. The first-order valence-corrected chi connectivity index (χ1v) is 15.5. The highest BCUT2D eigenvalue weighted by Crippen LogP contribution is 2.54. The number of fused-ring (bicyclic) bond motifs is 4. The highest BCUT2D eigenvalue weighted by atomic mass is 35.5. The summed E-state index contributed by atoms with van der Waals surface area (Å²) in [5.74, 6) is -2.31. The Morgan fingerprint density at radius 3 is 2.38 bits per heavy atom. The van der Waals surface area contributed by atoms with E-state index in [4.69, 9.17) is 21.1 Å². The van der Waals surface area contributed by atoms with Gasteiger partial charge in [0.15, 0.2) is 6.10 Å². The molecule has 2 aliphatic heterocycles. The van der Waals surface area contributed by atoms with Gasteiger partial charge in [0.25, 0.3) is 0 Å². The van der Waals surface area contributed by atoms with E-state index in [1.54, 1.807) is 46.8 Å². The van der Waals surface area contributed by atoms with Gasteiger partial charge in [0.1, 0.15) is 24.0 Å². The van der Waals surface area contributed by atoms with Gasteiger partial charge in [-0.15, -0.1) is 0 Å². The van der Waals surface area contributed by atoms with E-state index in [2.05, 4.69) is 5.32 Å². The van der Waals surface area contributed by atoms with Gasteiger partial charge in [0, 0.05) is 34.4 Å². The molecule has 3 aromatic carbocycles. The largest absolute Gasteiger partial charge is 0.490 e. The molecule has 0 unspecified atom stereocenters. The topological polar surface area (TPSA) is 105 Å². The summed E-state index contributed by atoms with van der Waals surface area (Å²) < 4.78 is 69.9. The van der Waals surface area contributed by atoms with Crippen LogP contribution in [-0.2, 0) is 26.1 Å². The number of halogens is 3. The molecular formula is C30H31ClF2N2O6S. The van der Waals surface area contributed by atoms with Crippen molar-refractivity contribution in [2.45, 2.75) is 52.9 Å². The number of carboxylic acids is 1. The van der Waals surface area contributed by atoms with Gasteiger partial charge in [-0.3, -0.25) is 4.31 Å². The van der Waals surface area contributed by atoms with E-state index in [1.807, 2.05) is 0 Å². The lowest BCUT2D eigenvalue weighted by atomic mass is 9.79. The van der Waals surface area contributed by atoms with Crippen LogP contribution in [0.4, 0.5) is 20.2 Å². The molecule has 5 rings (SSSR count). The Hall–Kier alpha value is -3.41. The lowest BCUT2D eigenvalue weighted by Crippen LogP contribution is -2.35. The van der Waals surface area contributed by atoms with E-state index in [1.165, 1.54) is 0 Å². The van der Waals surface area contributed by atoms with Crippen molar-refractivity contribution < 1.29 is 36.6 Å². The van der Waals surface area contributed by atoms with Crippen LogP contribution in [0.1, 0.15) is 49.1 Å². The van der Waals surface area contributed by atoms with Crippen LogP contribution in [0.3, 0.4) is 0 Å². The van der Waals surface area contributed by atoms with Crippen LogP contribution < -0.4 is 14.4 Å². The zero-order valence-corrected chi connectivity index (χ0v) is 25.6. The monoisotopic (exact) mass is 620 g/mol. The number of benzene rings is 3. The molecule has 2 heterocycles. The van der Waals surface area contributed by atoms with Crippen molar-refractivity contribution in [2.24, 2.45) is 0 Å². The summed E-state index contributed by atoms with van der Waals surface area (Å²) in [5, 5.41) is 13.9. The number of sulfonamides is 1. The average Bonchev–Trinajstić information content (AvgIpc) is 2.90. The lowest BCUT2D eigenvalue weighted by molar-refractivity contribution is -0.160. The number of carbonyl (C=O) groups is 1. The van der Waals surface area contributed by atoms with Crippen LogP contribution in [0.2, 0.25) is 5.02 Å². The van der Waals surface area contributed by atoms with Gasteiger partial charge < -0.3 is 19.9 Å². The van der Waals surface area contributed by atoms with Crippen molar-refractivity contribution in [3.8, 4) is 28.0 Å². The maximum Gasteiger partial charge on any atom is 0.337 e. The van der Waals surface area contributed by atoms with E-state index in [-0.39, 0.29) is 38.5 Å². The van der Waals surface area contributed by atoms with Crippen LogP contribution in [0, 0.1) is 25.5 Å². The molecule has 224 valence electrons. The second-order valence-electron chi connectivity index (χ2n) is 11.4. The molecule has 0 aliphatic carbocycles. The third-order valence-corrected chi connectivity index (χ3v) is 8.92. The third kappa shape index (κ3) is 4.97. The first kappa shape index (κ1) is 30.1. The summed E-state index contributed by atoms with van der Waals surface area (Å²) in [4.78, 5) is 12.9. The van der Waals surface area contributed by atoms with E-state index >= 15 is 8.78 Å². The highest BCUT2D eigenvalue weighted by molar-refractivity contribution is 7.92. The van der Waals surface area contributed by atoms with Crippen molar-refractivity contribution >= 4 is 39.0 Å². The zero-order valence-electron chi connectivity index (χ0n) is 24.0. The summed E-state index contributed by atoms with van der Waals surface area (Å²) in [7, 11) is -4.04. The van der Waals surface area contributed by atoms with Crippen LogP contribution in [0.15, 0.2) is 24.3 Å². The second-order valence-corrected chi connectivity index (χ2v) is 13.7. The Labute approximate surface area is 248 Å². The van der Waals surface area contributed by atoms with E-state index in [0.717, 1.165) is 22.7 Å². The van der Waals surface area contributed by atoms with Gasteiger partial charge in [-0.1, -0.05) is 11.6 Å². The van der Waals surface area contributed by atoms with E-state index in [0.29, 0.717) is 41.3 Å². The highest BCUT2D eigenvalue weighted by Gasteiger charge is 2.40. The smallest absolute Gasteiger partial charge is 0.337 e. The molecule has 0 amide bonds. The normalized spacial score (nSPS) is 15.2. The van der Waals surface area contributed by atoms with Crippen LogP contribution in [0.5, 0.6) is 5.75 Å². The van der Waals surface area contributed by atoms with Crippen LogP contribution in [-0.4, -0.2) is 44.5 Å². The first-order valence-electron chi connectivity index (χ1n) is 13.2. The molecule has 2 aliphatic rings. The van der Waals surface area contributed by atoms with Gasteiger partial charge in [-0.05, 0) is 75.6 Å². The molecule has 42 heavy (non-hydrogen) atoms. The fraction of sp³-hybridized carbons (Fsp3) is 0.367. The molecule has 3 aromatic rings. The standard InChI is InChI=1S/C30H31ClF2N2O6S/c1-14-21(16-7-10-20-26(25(16)31)34-11-12-40-20)23(28(29(36)37)41-30(3,4)5)15(2)27-22(14)24-17(13-35(27)42(6,38)39)18(32)8-9-19(24)33/h7-10,28,34H,11-13H2,1-6H3,(H,36,37)/t28-/m0/s1.